The van der Waals surface area contributed by atoms with Gasteiger partial charge in [-0.25, -0.2) is 0 Å². The van der Waals surface area contributed by atoms with Crippen molar-refractivity contribution in [2.24, 2.45) is 0 Å². The van der Waals surface area contributed by atoms with Crippen LogP contribution in [-0.2, 0) is 9.53 Å². The monoisotopic (exact) mass is 268 g/mol. The summed E-state index contributed by atoms with van der Waals surface area (Å²) in [5, 5.41) is 3.24. The SMILES string of the molecule is CC(OC1CCC1)C(=O)Nc1ccc(Cl)c(N)c1. The maximum Gasteiger partial charge on any atom is 0.253 e. The van der Waals surface area contributed by atoms with E-state index < -0.39 is 6.10 Å². The first-order chi connectivity index (χ1) is 8.56. The molecule has 3 N–H and O–H groups in total. The molecule has 1 aliphatic rings. The van der Waals surface area contributed by atoms with Gasteiger partial charge in [-0.05, 0) is 44.4 Å². The zero-order valence-electron chi connectivity index (χ0n) is 10.3. The van der Waals surface area contributed by atoms with Crippen molar-refractivity contribution in [3.05, 3.63) is 23.2 Å². The van der Waals surface area contributed by atoms with Crippen molar-refractivity contribution >= 4 is 28.9 Å². The lowest BCUT2D eigenvalue weighted by atomic mass is 9.96. The van der Waals surface area contributed by atoms with Gasteiger partial charge in [-0.2, -0.15) is 0 Å². The van der Waals surface area contributed by atoms with Crippen LogP contribution in [0.25, 0.3) is 0 Å². The van der Waals surface area contributed by atoms with E-state index in [9.17, 15) is 4.79 Å². The Kier molecular flexibility index (Phi) is 4.09. The minimum Gasteiger partial charge on any atom is -0.397 e. The van der Waals surface area contributed by atoms with Crippen LogP contribution in [0, 0.1) is 0 Å². The van der Waals surface area contributed by atoms with E-state index in [0.717, 1.165) is 12.8 Å². The van der Waals surface area contributed by atoms with E-state index in [0.29, 0.717) is 16.4 Å². The maximum atomic E-state index is 11.9. The van der Waals surface area contributed by atoms with Gasteiger partial charge in [0.25, 0.3) is 5.91 Å². The highest BCUT2D eigenvalue weighted by atomic mass is 35.5. The number of nitrogens with one attached hydrogen (secondary N) is 1. The molecule has 0 saturated heterocycles. The highest BCUT2D eigenvalue weighted by Crippen LogP contribution is 2.25. The van der Waals surface area contributed by atoms with Gasteiger partial charge in [0, 0.05) is 5.69 Å². The summed E-state index contributed by atoms with van der Waals surface area (Å²) in [5.74, 6) is -0.163. The fourth-order valence-corrected chi connectivity index (χ4v) is 1.84. The molecule has 5 heteroatoms. The van der Waals surface area contributed by atoms with Gasteiger partial charge < -0.3 is 15.8 Å². The number of nitrogens with two attached hydrogens (primary N) is 1. The lowest BCUT2D eigenvalue weighted by Gasteiger charge is -2.28. The second-order valence-corrected chi connectivity index (χ2v) is 4.96. The molecule has 2 rings (SSSR count). The zero-order chi connectivity index (χ0) is 13.1. The Morgan fingerprint density at radius 3 is 2.83 bits per heavy atom. The normalized spacial score (nSPS) is 17.0. The number of nitrogen functional groups attached to an aromatic ring is 1. The predicted octanol–water partition coefficient (Wildman–Crippen LogP) is 2.82. The Bertz CT molecular complexity index is 447. The van der Waals surface area contributed by atoms with E-state index in [4.69, 9.17) is 22.1 Å². The summed E-state index contributed by atoms with van der Waals surface area (Å²) >= 11 is 5.81. The Labute approximate surface area is 111 Å². The Morgan fingerprint density at radius 2 is 2.28 bits per heavy atom. The van der Waals surface area contributed by atoms with Crippen LogP contribution in [0.1, 0.15) is 26.2 Å². The molecule has 0 spiro atoms. The molecule has 18 heavy (non-hydrogen) atoms. The second kappa shape index (κ2) is 5.59. The summed E-state index contributed by atoms with van der Waals surface area (Å²) in [6.07, 6.45) is 3.07. The zero-order valence-corrected chi connectivity index (χ0v) is 11.0. The van der Waals surface area contributed by atoms with Gasteiger partial charge in [0.05, 0.1) is 16.8 Å². The number of ether oxygens (including phenoxy) is 1. The van der Waals surface area contributed by atoms with E-state index in [1.165, 1.54) is 6.42 Å². The van der Waals surface area contributed by atoms with Crippen LogP contribution in [0.3, 0.4) is 0 Å². The van der Waals surface area contributed by atoms with Gasteiger partial charge in [-0.1, -0.05) is 11.6 Å². The standard InChI is InChI=1S/C13H17ClN2O2/c1-8(18-10-3-2-4-10)13(17)16-9-5-6-11(14)12(15)7-9/h5-8,10H,2-4,15H2,1H3,(H,16,17). The van der Waals surface area contributed by atoms with Crippen molar-refractivity contribution in [1.82, 2.24) is 0 Å². The molecule has 1 amide bonds. The Balaban J connectivity index is 1.90. The fourth-order valence-electron chi connectivity index (χ4n) is 1.72. The van der Waals surface area contributed by atoms with Crippen LogP contribution in [0.4, 0.5) is 11.4 Å². The highest BCUT2D eigenvalue weighted by molar-refractivity contribution is 6.33. The quantitative estimate of drug-likeness (QED) is 0.826. The van der Waals surface area contributed by atoms with Crippen LogP contribution >= 0.6 is 11.6 Å². The van der Waals surface area contributed by atoms with Gasteiger partial charge >= 0.3 is 0 Å². The predicted molar refractivity (Wildman–Crippen MR) is 72.7 cm³/mol. The molecule has 4 nitrogen and oxygen atoms in total. The molecule has 0 aliphatic heterocycles. The maximum absolute atomic E-state index is 11.9. The lowest BCUT2D eigenvalue weighted by Crippen LogP contribution is -2.34. The summed E-state index contributed by atoms with van der Waals surface area (Å²) < 4.78 is 5.60. The van der Waals surface area contributed by atoms with E-state index in [-0.39, 0.29) is 12.0 Å². The minimum atomic E-state index is -0.452. The van der Waals surface area contributed by atoms with E-state index in [1.54, 1.807) is 25.1 Å². The van der Waals surface area contributed by atoms with Gasteiger partial charge in [0.1, 0.15) is 6.10 Å². The van der Waals surface area contributed by atoms with Crippen LogP contribution in [-0.4, -0.2) is 18.1 Å². The first-order valence-electron chi connectivity index (χ1n) is 6.07. The van der Waals surface area contributed by atoms with Gasteiger partial charge in [0.2, 0.25) is 0 Å². The fraction of sp³-hybridized carbons (Fsp3) is 0.462. The number of rotatable bonds is 4. The molecular weight excluding hydrogens is 252 g/mol. The van der Waals surface area contributed by atoms with Crippen LogP contribution in [0.5, 0.6) is 0 Å². The van der Waals surface area contributed by atoms with Crippen molar-refractivity contribution in [2.45, 2.75) is 38.4 Å². The third-order valence-electron chi connectivity index (χ3n) is 3.08. The van der Waals surface area contributed by atoms with Crippen molar-refractivity contribution in [3.8, 4) is 0 Å². The van der Waals surface area contributed by atoms with E-state index in [2.05, 4.69) is 5.32 Å². The van der Waals surface area contributed by atoms with Crippen molar-refractivity contribution in [2.75, 3.05) is 11.1 Å². The molecule has 0 aromatic heterocycles. The molecule has 1 saturated carbocycles. The van der Waals surface area contributed by atoms with E-state index >= 15 is 0 Å². The number of anilines is 2. The van der Waals surface area contributed by atoms with Crippen LogP contribution in [0.15, 0.2) is 18.2 Å². The summed E-state index contributed by atoms with van der Waals surface area (Å²) in [4.78, 5) is 11.9. The van der Waals surface area contributed by atoms with Gasteiger partial charge in [-0.3, -0.25) is 4.79 Å². The average Bonchev–Trinajstić information content (AvgIpc) is 2.28. The molecule has 1 aromatic rings. The van der Waals surface area contributed by atoms with Crippen molar-refractivity contribution < 1.29 is 9.53 Å². The molecule has 98 valence electrons. The average molecular weight is 269 g/mol. The highest BCUT2D eigenvalue weighted by Gasteiger charge is 2.24. The number of benzene rings is 1. The Hall–Kier alpha value is -1.26. The molecule has 0 bridgehead atoms. The number of hydrogen-bond donors (Lipinski definition) is 2. The summed E-state index contributed by atoms with van der Waals surface area (Å²) in [6, 6.07) is 5.01. The topological polar surface area (TPSA) is 64.3 Å². The number of amides is 1. The first kappa shape index (κ1) is 13.2. The lowest BCUT2D eigenvalue weighted by molar-refractivity contribution is -0.133. The molecule has 1 unspecified atom stereocenters. The third-order valence-corrected chi connectivity index (χ3v) is 3.43. The summed E-state index contributed by atoms with van der Waals surface area (Å²) in [7, 11) is 0. The summed E-state index contributed by atoms with van der Waals surface area (Å²) in [5.41, 5.74) is 6.75. The van der Waals surface area contributed by atoms with Gasteiger partial charge in [-0.15, -0.1) is 0 Å². The first-order valence-corrected chi connectivity index (χ1v) is 6.45. The molecule has 1 aromatic carbocycles. The molecular formula is C13H17ClN2O2. The number of carbonyl (C=O) groups excluding carboxylic acids is 1. The number of halogens is 1. The summed E-state index contributed by atoms with van der Waals surface area (Å²) in [6.45, 7) is 1.76. The van der Waals surface area contributed by atoms with E-state index in [1.807, 2.05) is 0 Å². The number of hydrogen-bond acceptors (Lipinski definition) is 3. The van der Waals surface area contributed by atoms with Gasteiger partial charge in [0.15, 0.2) is 0 Å². The molecule has 0 heterocycles. The smallest absolute Gasteiger partial charge is 0.253 e. The van der Waals surface area contributed by atoms with Crippen molar-refractivity contribution in [1.29, 1.82) is 0 Å². The molecule has 0 radical (unpaired) electrons. The largest absolute Gasteiger partial charge is 0.397 e. The van der Waals surface area contributed by atoms with Crippen molar-refractivity contribution in [3.63, 3.8) is 0 Å². The third kappa shape index (κ3) is 3.15. The van der Waals surface area contributed by atoms with Crippen LogP contribution in [0.2, 0.25) is 5.02 Å². The molecule has 1 atom stereocenters. The minimum absolute atomic E-state index is 0.163. The second-order valence-electron chi connectivity index (χ2n) is 4.56. The van der Waals surface area contributed by atoms with Crippen LogP contribution < -0.4 is 11.1 Å². The number of carbonyl (C=O) groups is 1. The Morgan fingerprint density at radius 1 is 1.56 bits per heavy atom. The molecule has 1 aliphatic carbocycles. The molecule has 1 fully saturated rings.